The quantitative estimate of drug-likeness (QED) is 0.308. The first kappa shape index (κ1) is 20.7. The molecule has 0 amide bonds. The number of rotatable bonds is 5. The number of carbonyl (C=O) groups excluding carboxylic acids is 1. The van der Waals surface area contributed by atoms with Crippen LogP contribution in [0.2, 0.25) is 0 Å². The van der Waals surface area contributed by atoms with Crippen molar-refractivity contribution in [3.63, 3.8) is 0 Å². The minimum atomic E-state index is -0.430. The molecule has 0 saturated heterocycles. The molecule has 0 fully saturated rings. The largest absolute Gasteiger partial charge is 0.489 e. The Morgan fingerprint density at radius 2 is 1.77 bits per heavy atom. The van der Waals surface area contributed by atoms with Crippen molar-refractivity contribution >= 4 is 27.9 Å². The van der Waals surface area contributed by atoms with Gasteiger partial charge in [0.05, 0.1) is 6.10 Å². The lowest BCUT2D eigenvalue weighted by Gasteiger charge is -2.11. The highest BCUT2D eigenvalue weighted by molar-refractivity contribution is 6.05. The molecule has 0 radical (unpaired) electrons. The van der Waals surface area contributed by atoms with Crippen molar-refractivity contribution < 1.29 is 23.1 Å². The number of fused-ring (bicyclic) bond motifs is 2. The van der Waals surface area contributed by atoms with Gasteiger partial charge in [-0.2, -0.15) is 0 Å². The van der Waals surface area contributed by atoms with Crippen molar-refractivity contribution in [3.05, 3.63) is 74.8 Å². The van der Waals surface area contributed by atoms with E-state index in [1.807, 2.05) is 26.0 Å². The van der Waals surface area contributed by atoms with E-state index in [9.17, 15) is 9.59 Å². The van der Waals surface area contributed by atoms with E-state index >= 15 is 0 Å². The Labute approximate surface area is 179 Å². The molecule has 4 aromatic rings. The smallest absolute Gasteiger partial charge is 0.342 e. The number of carbonyl (C=O) groups is 1. The Bertz CT molecular complexity index is 1360. The van der Waals surface area contributed by atoms with Crippen LogP contribution in [0.15, 0.2) is 50.0 Å². The predicted molar refractivity (Wildman–Crippen MR) is 118 cm³/mol. The van der Waals surface area contributed by atoms with E-state index in [1.165, 1.54) is 6.07 Å². The van der Waals surface area contributed by atoms with Crippen molar-refractivity contribution in [2.75, 3.05) is 0 Å². The second-order valence-electron chi connectivity index (χ2n) is 7.98. The van der Waals surface area contributed by atoms with Gasteiger partial charge in [-0.3, -0.25) is 0 Å². The summed E-state index contributed by atoms with van der Waals surface area (Å²) < 4.78 is 22.4. The Hall–Kier alpha value is -3.54. The van der Waals surface area contributed by atoms with Gasteiger partial charge in [0.15, 0.2) is 0 Å². The first-order valence-corrected chi connectivity index (χ1v) is 10.1. The molecule has 6 heteroatoms. The number of hydrogen-bond acceptors (Lipinski definition) is 6. The molecule has 2 aromatic carbocycles. The maximum Gasteiger partial charge on any atom is 0.342 e. The molecule has 160 valence electrons. The maximum atomic E-state index is 12.5. The minimum absolute atomic E-state index is 0.181. The Kier molecular flexibility index (Phi) is 5.31. The third-order valence-electron chi connectivity index (χ3n) is 5.04. The summed E-state index contributed by atoms with van der Waals surface area (Å²) >= 11 is 0. The summed E-state index contributed by atoms with van der Waals surface area (Å²) in [7, 11) is 0. The Morgan fingerprint density at radius 3 is 2.52 bits per heavy atom. The summed E-state index contributed by atoms with van der Waals surface area (Å²) in [5.74, 6) is 0.620. The van der Waals surface area contributed by atoms with Crippen LogP contribution in [0.3, 0.4) is 0 Å². The number of hydrogen-bond donors (Lipinski definition) is 0. The van der Waals surface area contributed by atoms with Crippen LogP contribution in [0.5, 0.6) is 5.75 Å². The molecule has 6 nitrogen and oxygen atoms in total. The van der Waals surface area contributed by atoms with E-state index in [4.69, 9.17) is 18.3 Å². The number of aryl methyl sites for hydroxylation is 3. The van der Waals surface area contributed by atoms with Crippen molar-refractivity contribution in [2.24, 2.45) is 0 Å². The Morgan fingerprint density at radius 1 is 1.00 bits per heavy atom. The van der Waals surface area contributed by atoms with E-state index in [0.29, 0.717) is 33.6 Å². The highest BCUT2D eigenvalue weighted by atomic mass is 16.5. The zero-order valence-electron chi connectivity index (χ0n) is 18.2. The van der Waals surface area contributed by atoms with Gasteiger partial charge in [0.1, 0.15) is 34.8 Å². The van der Waals surface area contributed by atoms with Gasteiger partial charge >= 0.3 is 11.6 Å². The summed E-state index contributed by atoms with van der Waals surface area (Å²) in [6.45, 7) is 9.45. The molecule has 0 atom stereocenters. The predicted octanol–water partition coefficient (Wildman–Crippen LogP) is 5.61. The van der Waals surface area contributed by atoms with Crippen LogP contribution in [0.4, 0.5) is 0 Å². The molecule has 0 aliphatic heterocycles. The Balaban J connectivity index is 1.69. The van der Waals surface area contributed by atoms with Crippen LogP contribution >= 0.6 is 0 Å². The van der Waals surface area contributed by atoms with Gasteiger partial charge in [-0.05, 0) is 70.0 Å². The first-order chi connectivity index (χ1) is 14.7. The molecule has 2 heterocycles. The van der Waals surface area contributed by atoms with Crippen LogP contribution in [0, 0.1) is 20.8 Å². The van der Waals surface area contributed by atoms with Gasteiger partial charge in [-0.25, -0.2) is 9.59 Å². The summed E-state index contributed by atoms with van der Waals surface area (Å²) in [6, 6.07) is 10.6. The molecule has 0 saturated carbocycles. The molecule has 0 bridgehead atoms. The zero-order valence-corrected chi connectivity index (χ0v) is 18.2. The average Bonchev–Trinajstić information content (AvgIpc) is 2.99. The van der Waals surface area contributed by atoms with Crippen molar-refractivity contribution in [1.29, 1.82) is 0 Å². The fraction of sp³-hybridized carbons (Fsp3) is 0.280. The van der Waals surface area contributed by atoms with E-state index < -0.39 is 11.6 Å². The number of benzene rings is 2. The van der Waals surface area contributed by atoms with E-state index in [1.54, 1.807) is 39.0 Å². The fourth-order valence-corrected chi connectivity index (χ4v) is 3.86. The van der Waals surface area contributed by atoms with Crippen LogP contribution in [0.1, 0.15) is 46.7 Å². The highest BCUT2D eigenvalue weighted by Crippen LogP contribution is 2.31. The number of ether oxygens (including phenoxy) is 2. The van der Waals surface area contributed by atoms with Gasteiger partial charge < -0.3 is 18.3 Å². The van der Waals surface area contributed by atoms with Crippen molar-refractivity contribution in [2.45, 2.75) is 47.3 Å². The van der Waals surface area contributed by atoms with Gasteiger partial charge in [0, 0.05) is 22.4 Å². The van der Waals surface area contributed by atoms with Gasteiger partial charge in [0.25, 0.3) is 0 Å². The van der Waals surface area contributed by atoms with Crippen molar-refractivity contribution in [1.82, 2.24) is 0 Å². The lowest BCUT2D eigenvalue weighted by atomic mass is 10.0. The van der Waals surface area contributed by atoms with E-state index in [2.05, 4.69) is 0 Å². The third kappa shape index (κ3) is 4.06. The van der Waals surface area contributed by atoms with Gasteiger partial charge in [0.2, 0.25) is 0 Å². The summed E-state index contributed by atoms with van der Waals surface area (Å²) in [6.07, 6.45) is -0.235. The SMILES string of the molecule is Cc1cc(C)c2c(COc3ccc4oc(C)c(C(=O)OC(C)C)c4c3)cc(=O)oc2c1. The molecule has 0 aliphatic rings. The minimum Gasteiger partial charge on any atom is -0.489 e. The van der Waals surface area contributed by atoms with Gasteiger partial charge in [-0.1, -0.05) is 6.07 Å². The highest BCUT2D eigenvalue weighted by Gasteiger charge is 2.21. The topological polar surface area (TPSA) is 78.9 Å². The molecular weight excluding hydrogens is 396 g/mol. The third-order valence-corrected chi connectivity index (χ3v) is 5.04. The number of furan rings is 1. The monoisotopic (exact) mass is 420 g/mol. The molecule has 31 heavy (non-hydrogen) atoms. The molecule has 0 aliphatic carbocycles. The summed E-state index contributed by atoms with van der Waals surface area (Å²) in [5.41, 5.74) is 3.87. The fourth-order valence-electron chi connectivity index (χ4n) is 3.86. The van der Waals surface area contributed by atoms with Crippen LogP contribution < -0.4 is 10.4 Å². The average molecular weight is 420 g/mol. The summed E-state index contributed by atoms with van der Waals surface area (Å²) in [5, 5.41) is 1.50. The van der Waals surface area contributed by atoms with E-state index in [0.717, 1.165) is 22.1 Å². The van der Waals surface area contributed by atoms with Crippen LogP contribution in [-0.4, -0.2) is 12.1 Å². The second-order valence-corrected chi connectivity index (χ2v) is 7.98. The maximum absolute atomic E-state index is 12.5. The first-order valence-electron chi connectivity index (χ1n) is 10.1. The standard InChI is InChI=1S/C25H24O6/c1-13(2)29-25(27)24-16(5)30-20-7-6-18(11-19(20)24)28-12-17-10-22(26)31-21-9-14(3)8-15(4)23(17)21/h6-11,13H,12H2,1-5H3. The van der Waals surface area contributed by atoms with E-state index in [-0.39, 0.29) is 12.7 Å². The zero-order chi connectivity index (χ0) is 22.3. The molecule has 0 unspecified atom stereocenters. The molecule has 4 rings (SSSR count). The molecule has 0 N–H and O–H groups in total. The van der Waals surface area contributed by atoms with Gasteiger partial charge in [-0.15, -0.1) is 0 Å². The lowest BCUT2D eigenvalue weighted by molar-refractivity contribution is 0.0378. The molecule has 2 aromatic heterocycles. The van der Waals surface area contributed by atoms with Crippen LogP contribution in [-0.2, 0) is 11.3 Å². The number of esters is 1. The molecule has 0 spiro atoms. The summed E-state index contributed by atoms with van der Waals surface area (Å²) in [4.78, 5) is 24.6. The second kappa shape index (κ2) is 7.95. The molecular formula is C25H24O6. The normalized spacial score (nSPS) is 11.4. The lowest BCUT2D eigenvalue weighted by Crippen LogP contribution is -2.12. The van der Waals surface area contributed by atoms with Crippen molar-refractivity contribution in [3.8, 4) is 5.75 Å². The van der Waals surface area contributed by atoms with Crippen LogP contribution in [0.25, 0.3) is 21.9 Å².